The highest BCUT2D eigenvalue weighted by Crippen LogP contribution is 2.11. The first-order valence-corrected chi connectivity index (χ1v) is 10.1. The fourth-order valence-electron chi connectivity index (χ4n) is 3.67. The maximum absolute atomic E-state index is 12.5. The van der Waals surface area contributed by atoms with E-state index in [1.807, 2.05) is 4.90 Å². The van der Waals surface area contributed by atoms with Gasteiger partial charge in [0.25, 0.3) is 0 Å². The largest absolute Gasteiger partial charge is 0.360 e. The lowest BCUT2D eigenvalue weighted by molar-refractivity contribution is -0.132. The highest BCUT2D eigenvalue weighted by Gasteiger charge is 2.22. The number of piperazine rings is 1. The van der Waals surface area contributed by atoms with Gasteiger partial charge in [-0.25, -0.2) is 0 Å². The van der Waals surface area contributed by atoms with Crippen molar-refractivity contribution in [2.24, 2.45) is 0 Å². The Bertz CT molecular complexity index is 617. The number of likely N-dealkylation sites (tertiary alicyclic amines) is 1. The van der Waals surface area contributed by atoms with Crippen molar-refractivity contribution in [2.75, 3.05) is 57.7 Å². The molecular formula is C19H31N5O3. The van der Waals surface area contributed by atoms with Crippen molar-refractivity contribution >= 4 is 17.6 Å². The van der Waals surface area contributed by atoms with Crippen molar-refractivity contribution in [1.82, 2.24) is 19.9 Å². The molecule has 0 spiro atoms. The van der Waals surface area contributed by atoms with Crippen molar-refractivity contribution in [1.29, 1.82) is 0 Å². The zero-order valence-corrected chi connectivity index (χ0v) is 16.3. The van der Waals surface area contributed by atoms with E-state index in [9.17, 15) is 9.59 Å². The maximum atomic E-state index is 12.5. The van der Waals surface area contributed by atoms with Crippen LogP contribution in [0, 0.1) is 6.92 Å². The number of aromatic nitrogens is 1. The quantitative estimate of drug-likeness (QED) is 0.805. The molecule has 0 aromatic carbocycles. The summed E-state index contributed by atoms with van der Waals surface area (Å²) in [4.78, 5) is 31.0. The molecule has 2 amide bonds. The molecule has 2 aliphatic heterocycles. The molecule has 1 N–H and O–H groups in total. The Morgan fingerprint density at radius 3 is 2.33 bits per heavy atom. The van der Waals surface area contributed by atoms with Crippen LogP contribution in [0.15, 0.2) is 10.6 Å². The molecule has 0 aliphatic carbocycles. The number of anilines is 1. The molecule has 0 saturated carbocycles. The van der Waals surface area contributed by atoms with E-state index in [2.05, 4.69) is 20.3 Å². The number of nitrogens with one attached hydrogen (secondary N) is 1. The average molecular weight is 377 g/mol. The molecule has 8 nitrogen and oxygen atoms in total. The van der Waals surface area contributed by atoms with Crippen LogP contribution in [0.5, 0.6) is 0 Å². The maximum Gasteiger partial charge on any atom is 0.236 e. The SMILES string of the molecule is Cc1cc(NC(=O)CCN2CCN(CC(=O)N3CCCCCC3)CC2)no1. The molecule has 3 rings (SSSR count). The van der Waals surface area contributed by atoms with Gasteiger partial charge >= 0.3 is 0 Å². The molecule has 0 bridgehead atoms. The molecule has 1 aromatic rings. The third-order valence-corrected chi connectivity index (χ3v) is 5.33. The van der Waals surface area contributed by atoms with Crippen molar-refractivity contribution in [3.05, 3.63) is 11.8 Å². The molecular weight excluding hydrogens is 346 g/mol. The minimum atomic E-state index is -0.0536. The number of hydrogen-bond donors (Lipinski definition) is 1. The van der Waals surface area contributed by atoms with Gasteiger partial charge < -0.3 is 19.6 Å². The first kappa shape index (κ1) is 19.8. The van der Waals surface area contributed by atoms with E-state index in [4.69, 9.17) is 4.52 Å². The number of amides is 2. The second kappa shape index (κ2) is 9.85. The van der Waals surface area contributed by atoms with Crippen molar-refractivity contribution in [2.45, 2.75) is 39.0 Å². The van der Waals surface area contributed by atoms with Crippen molar-refractivity contribution in [3.8, 4) is 0 Å². The van der Waals surface area contributed by atoms with E-state index < -0.39 is 0 Å². The summed E-state index contributed by atoms with van der Waals surface area (Å²) in [6, 6.07) is 1.71. The molecule has 3 heterocycles. The molecule has 2 aliphatic rings. The van der Waals surface area contributed by atoms with Crippen LogP contribution in [-0.4, -0.2) is 84.0 Å². The van der Waals surface area contributed by atoms with Gasteiger partial charge in [0.2, 0.25) is 11.8 Å². The standard InChI is InChI=1S/C19H31N5O3/c1-16-14-17(21-27-16)20-18(25)6-9-22-10-12-23(13-11-22)15-19(26)24-7-4-2-3-5-8-24/h14H,2-13,15H2,1H3,(H,20,21,25). The Labute approximate surface area is 160 Å². The predicted octanol–water partition coefficient (Wildman–Crippen LogP) is 1.33. The number of hydrogen-bond acceptors (Lipinski definition) is 6. The monoisotopic (exact) mass is 377 g/mol. The Morgan fingerprint density at radius 2 is 1.70 bits per heavy atom. The van der Waals surface area contributed by atoms with E-state index in [0.29, 0.717) is 24.5 Å². The summed E-state index contributed by atoms with van der Waals surface area (Å²) < 4.78 is 4.94. The van der Waals surface area contributed by atoms with E-state index in [-0.39, 0.29) is 11.8 Å². The van der Waals surface area contributed by atoms with Crippen LogP contribution in [0.2, 0.25) is 0 Å². The normalized spacial score (nSPS) is 19.7. The first-order chi connectivity index (χ1) is 13.1. The zero-order chi connectivity index (χ0) is 19.1. The summed E-state index contributed by atoms with van der Waals surface area (Å²) in [7, 11) is 0. The Hall–Kier alpha value is -1.93. The zero-order valence-electron chi connectivity index (χ0n) is 16.3. The van der Waals surface area contributed by atoms with E-state index in [0.717, 1.165) is 58.7 Å². The topological polar surface area (TPSA) is 81.9 Å². The van der Waals surface area contributed by atoms with Crippen LogP contribution in [0.25, 0.3) is 0 Å². The van der Waals surface area contributed by atoms with Gasteiger partial charge in [-0.3, -0.25) is 14.5 Å². The van der Waals surface area contributed by atoms with Crippen LogP contribution >= 0.6 is 0 Å². The number of rotatable bonds is 6. The number of aryl methyl sites for hydroxylation is 1. The summed E-state index contributed by atoms with van der Waals surface area (Å²) in [5.74, 6) is 1.36. The summed E-state index contributed by atoms with van der Waals surface area (Å²) in [5.41, 5.74) is 0. The summed E-state index contributed by atoms with van der Waals surface area (Å²) in [5, 5.41) is 6.52. The molecule has 27 heavy (non-hydrogen) atoms. The van der Waals surface area contributed by atoms with Gasteiger partial charge in [0.05, 0.1) is 6.54 Å². The third kappa shape index (κ3) is 6.32. The Morgan fingerprint density at radius 1 is 1.04 bits per heavy atom. The first-order valence-electron chi connectivity index (χ1n) is 10.1. The summed E-state index contributed by atoms with van der Waals surface area (Å²) in [6.07, 6.45) is 5.18. The average Bonchev–Trinajstić information content (AvgIpc) is 2.90. The van der Waals surface area contributed by atoms with Crippen LogP contribution in [0.3, 0.4) is 0 Å². The minimum absolute atomic E-state index is 0.0536. The molecule has 8 heteroatoms. The second-order valence-electron chi connectivity index (χ2n) is 7.53. The predicted molar refractivity (Wildman–Crippen MR) is 102 cm³/mol. The minimum Gasteiger partial charge on any atom is -0.360 e. The molecule has 1 aromatic heterocycles. The molecule has 150 valence electrons. The lowest BCUT2D eigenvalue weighted by Crippen LogP contribution is -2.50. The molecule has 2 saturated heterocycles. The molecule has 2 fully saturated rings. The van der Waals surface area contributed by atoms with Gasteiger partial charge in [0.1, 0.15) is 5.76 Å². The van der Waals surface area contributed by atoms with Crippen LogP contribution in [-0.2, 0) is 9.59 Å². The van der Waals surface area contributed by atoms with Gasteiger partial charge in [-0.1, -0.05) is 18.0 Å². The fraction of sp³-hybridized carbons (Fsp3) is 0.737. The molecule has 0 atom stereocenters. The van der Waals surface area contributed by atoms with Crippen LogP contribution in [0.4, 0.5) is 5.82 Å². The van der Waals surface area contributed by atoms with E-state index in [1.54, 1.807) is 13.0 Å². The van der Waals surface area contributed by atoms with Gasteiger partial charge in [0, 0.05) is 58.3 Å². The van der Waals surface area contributed by atoms with Crippen LogP contribution < -0.4 is 5.32 Å². The highest BCUT2D eigenvalue weighted by molar-refractivity contribution is 5.89. The number of carbonyl (C=O) groups is 2. The molecule has 0 radical (unpaired) electrons. The number of nitrogens with zero attached hydrogens (tertiary/aromatic N) is 4. The highest BCUT2D eigenvalue weighted by atomic mass is 16.5. The Kier molecular flexibility index (Phi) is 7.23. The number of carbonyl (C=O) groups excluding carboxylic acids is 2. The van der Waals surface area contributed by atoms with Gasteiger partial charge in [-0.2, -0.15) is 0 Å². The van der Waals surface area contributed by atoms with E-state index in [1.165, 1.54) is 12.8 Å². The Balaban J connectivity index is 1.32. The van der Waals surface area contributed by atoms with Gasteiger partial charge in [0.15, 0.2) is 5.82 Å². The van der Waals surface area contributed by atoms with Gasteiger partial charge in [-0.15, -0.1) is 0 Å². The second-order valence-corrected chi connectivity index (χ2v) is 7.53. The summed E-state index contributed by atoms with van der Waals surface area (Å²) >= 11 is 0. The lowest BCUT2D eigenvalue weighted by atomic mass is 10.2. The molecule has 0 unspecified atom stereocenters. The van der Waals surface area contributed by atoms with Crippen molar-refractivity contribution < 1.29 is 14.1 Å². The van der Waals surface area contributed by atoms with Gasteiger partial charge in [-0.05, 0) is 19.8 Å². The van der Waals surface area contributed by atoms with Crippen LogP contribution in [0.1, 0.15) is 37.9 Å². The fourth-order valence-corrected chi connectivity index (χ4v) is 3.67. The smallest absolute Gasteiger partial charge is 0.236 e. The lowest BCUT2D eigenvalue weighted by Gasteiger charge is -2.35. The third-order valence-electron chi connectivity index (χ3n) is 5.33. The van der Waals surface area contributed by atoms with E-state index >= 15 is 0 Å². The van der Waals surface area contributed by atoms with Crippen molar-refractivity contribution in [3.63, 3.8) is 0 Å². The summed E-state index contributed by atoms with van der Waals surface area (Å²) in [6.45, 7) is 8.41.